The Morgan fingerprint density at radius 1 is 0.951 bits per heavy atom. The molecule has 2 unspecified atom stereocenters. The van der Waals surface area contributed by atoms with Crippen molar-refractivity contribution in [3.8, 4) is 0 Å². The normalized spacial score (nSPS) is 42.8. The number of carbonyl (C=O) groups is 1. The Kier molecular flexibility index (Phi) is 8.49. The van der Waals surface area contributed by atoms with Crippen LogP contribution < -0.4 is 9.80 Å². The molecule has 1 aromatic rings. The van der Waals surface area contributed by atoms with Gasteiger partial charge in [0.15, 0.2) is 0 Å². The maximum absolute atomic E-state index is 13.2. The first-order chi connectivity index (χ1) is 19.8. The number of rotatable bonds is 8. The molecule has 4 saturated carbocycles. The lowest BCUT2D eigenvalue weighted by Crippen LogP contribution is -2.57. The zero-order valence-corrected chi connectivity index (χ0v) is 26.6. The molecule has 226 valence electrons. The number of likely N-dealkylation sites (tertiary alicyclic amines) is 1. The number of benzene rings is 1. The van der Waals surface area contributed by atoms with E-state index in [1.54, 1.807) is 0 Å². The van der Waals surface area contributed by atoms with Crippen molar-refractivity contribution in [3.05, 3.63) is 43.0 Å². The molecule has 1 amide bonds. The van der Waals surface area contributed by atoms with E-state index in [0.717, 1.165) is 73.0 Å². The molecule has 5 fully saturated rings. The Labute approximate surface area is 251 Å². The van der Waals surface area contributed by atoms with Crippen molar-refractivity contribution in [3.63, 3.8) is 0 Å². The van der Waals surface area contributed by atoms with E-state index in [4.69, 9.17) is 0 Å². The molecule has 1 N–H and O–H groups in total. The molecule has 5 aliphatic rings. The fourth-order valence-corrected chi connectivity index (χ4v) is 11.9. The summed E-state index contributed by atoms with van der Waals surface area (Å²) < 4.78 is 0.969. The summed E-state index contributed by atoms with van der Waals surface area (Å²) in [7, 11) is 0. The van der Waals surface area contributed by atoms with Gasteiger partial charge < -0.3 is 5.32 Å². The molecular weight excluding hydrogens is 500 g/mol. The summed E-state index contributed by atoms with van der Waals surface area (Å²) in [5.74, 6) is 5.64. The third kappa shape index (κ3) is 5.36. The molecule has 0 radical (unpaired) electrons. The molecule has 1 heterocycles. The van der Waals surface area contributed by atoms with E-state index in [-0.39, 0.29) is 5.91 Å². The molecule has 0 aromatic heterocycles. The maximum atomic E-state index is 13.2. The molecule has 1 aliphatic heterocycles. The Hall–Kier alpha value is -1.61. The molecule has 0 spiro atoms. The van der Waals surface area contributed by atoms with Crippen molar-refractivity contribution in [1.82, 2.24) is 9.80 Å². The fraction of sp³-hybridized carbons (Fsp3) is 0.763. The fourth-order valence-electron chi connectivity index (χ4n) is 11.9. The predicted octanol–water partition coefficient (Wildman–Crippen LogP) is 8.92. The summed E-state index contributed by atoms with van der Waals surface area (Å²) in [6.07, 6.45) is 20.7. The second kappa shape index (κ2) is 11.8. The largest absolute Gasteiger partial charge is 0.353 e. The summed E-state index contributed by atoms with van der Waals surface area (Å²) in [5.41, 5.74) is 2.51. The maximum Gasteiger partial charge on any atom is 0.220 e. The van der Waals surface area contributed by atoms with Crippen LogP contribution in [-0.2, 0) is 4.79 Å². The van der Waals surface area contributed by atoms with E-state index in [1.807, 2.05) is 0 Å². The zero-order chi connectivity index (χ0) is 28.7. The second-order valence-corrected chi connectivity index (χ2v) is 15.9. The van der Waals surface area contributed by atoms with Gasteiger partial charge in [-0.25, -0.2) is 0 Å². The van der Waals surface area contributed by atoms with Gasteiger partial charge in [-0.15, -0.1) is 0 Å². The number of hydrogen-bond donors (Lipinski definition) is 1. The quantitative estimate of drug-likeness (QED) is 0.250. The van der Waals surface area contributed by atoms with Gasteiger partial charge in [0.1, 0.15) is 12.2 Å². The average molecular weight is 560 g/mol. The van der Waals surface area contributed by atoms with Crippen LogP contribution in [0.2, 0.25) is 0 Å². The van der Waals surface area contributed by atoms with E-state index in [9.17, 15) is 4.79 Å². The van der Waals surface area contributed by atoms with E-state index in [2.05, 4.69) is 69.1 Å². The monoisotopic (exact) mass is 559 g/mol. The highest BCUT2D eigenvalue weighted by molar-refractivity contribution is 5.76. The Morgan fingerprint density at radius 3 is 2.46 bits per heavy atom. The number of amides is 1. The number of nitrogens with zero attached hydrogens (tertiary/aromatic N) is 1. The minimum atomic E-state index is 0.289. The van der Waals surface area contributed by atoms with E-state index < -0.39 is 0 Å². The molecule has 4 aliphatic carbocycles. The molecule has 8 atom stereocenters. The lowest BCUT2D eigenvalue weighted by atomic mass is 9.44. The first-order valence-corrected chi connectivity index (χ1v) is 17.6. The predicted molar refractivity (Wildman–Crippen MR) is 172 cm³/mol. The number of fused-ring (bicyclic) bond motifs is 5. The smallest absolute Gasteiger partial charge is 0.220 e. The van der Waals surface area contributed by atoms with E-state index >= 15 is 0 Å². The lowest BCUT2D eigenvalue weighted by Gasteiger charge is -2.61. The van der Waals surface area contributed by atoms with Crippen LogP contribution in [0, 0.1) is 46.3 Å². The van der Waals surface area contributed by atoms with Gasteiger partial charge in [0, 0.05) is 25.3 Å². The molecule has 6 rings (SSSR count). The topological polar surface area (TPSA) is 29.1 Å². The molecular formula is C38H59N2O+. The van der Waals surface area contributed by atoms with Gasteiger partial charge in [-0.05, 0) is 122 Å². The molecule has 3 heteroatoms. The van der Waals surface area contributed by atoms with Crippen LogP contribution in [0.15, 0.2) is 43.0 Å². The first kappa shape index (κ1) is 29.5. The number of quaternary nitrogens is 1. The summed E-state index contributed by atoms with van der Waals surface area (Å²) >= 11 is 0. The summed E-state index contributed by atoms with van der Waals surface area (Å²) in [5, 5.41) is 3.45. The van der Waals surface area contributed by atoms with Crippen molar-refractivity contribution in [1.29, 1.82) is 0 Å². The van der Waals surface area contributed by atoms with Crippen molar-refractivity contribution in [2.75, 3.05) is 19.6 Å². The van der Waals surface area contributed by atoms with Crippen LogP contribution in [0.3, 0.4) is 0 Å². The van der Waals surface area contributed by atoms with Gasteiger partial charge >= 0.3 is 0 Å². The van der Waals surface area contributed by atoms with Gasteiger partial charge in [-0.2, -0.15) is 0 Å². The number of piperidine rings is 1. The number of para-hydroxylation sites is 1. The van der Waals surface area contributed by atoms with Crippen LogP contribution in [0.5, 0.6) is 0 Å². The molecule has 41 heavy (non-hydrogen) atoms. The Morgan fingerprint density at radius 2 is 1.71 bits per heavy atom. The van der Waals surface area contributed by atoms with Gasteiger partial charge in [-0.3, -0.25) is 9.28 Å². The third-order valence-corrected chi connectivity index (χ3v) is 14.1. The van der Waals surface area contributed by atoms with E-state index in [0.29, 0.717) is 29.2 Å². The summed E-state index contributed by atoms with van der Waals surface area (Å²) in [6.45, 7) is 15.0. The minimum absolute atomic E-state index is 0.289. The molecule has 1 saturated heterocycles. The van der Waals surface area contributed by atoms with Crippen molar-refractivity contribution in [2.45, 2.75) is 117 Å². The Balaban J connectivity index is 1.01. The van der Waals surface area contributed by atoms with Crippen LogP contribution in [0.25, 0.3) is 0 Å². The van der Waals surface area contributed by atoms with Gasteiger partial charge in [-0.1, -0.05) is 58.4 Å². The van der Waals surface area contributed by atoms with Crippen LogP contribution >= 0.6 is 0 Å². The summed E-state index contributed by atoms with van der Waals surface area (Å²) in [6, 6.07) is 11.2. The van der Waals surface area contributed by atoms with E-state index in [1.165, 1.54) is 69.9 Å². The van der Waals surface area contributed by atoms with Gasteiger partial charge in [0.25, 0.3) is 0 Å². The van der Waals surface area contributed by atoms with Crippen LogP contribution in [-0.4, -0.2) is 31.6 Å². The zero-order valence-electron chi connectivity index (χ0n) is 26.6. The third-order valence-electron chi connectivity index (χ3n) is 14.1. The first-order valence-electron chi connectivity index (χ1n) is 17.6. The Bertz CT molecular complexity index is 1060. The number of nitrogens with one attached hydrogen (secondary N) is 1. The molecule has 3 nitrogen and oxygen atoms in total. The second-order valence-electron chi connectivity index (χ2n) is 15.9. The highest BCUT2D eigenvalue weighted by atomic mass is 16.1. The highest BCUT2D eigenvalue weighted by Gasteiger charge is 2.60. The standard InChI is InChI=1S/C38H58N2O/c1-5-25-40(31-12-7-6-8-13-31)26-21-30(22-27-40)39-36(41)19-14-28(2)33-17-18-34-32-16-15-29-11-9-10-23-37(29,3)35(32)20-24-38(33,34)4/h5-8,12-13,28-30,32-35H,1,9-11,14-27H2,2-4H3/p+1/t28?,29?,30?,32-,33+,34-,35-,37-,38+,40?/m0/s1. The number of hydrogen-bond acceptors (Lipinski definition) is 1. The van der Waals surface area contributed by atoms with Gasteiger partial charge in [0.05, 0.1) is 13.1 Å². The van der Waals surface area contributed by atoms with Crippen molar-refractivity contribution >= 4 is 11.6 Å². The van der Waals surface area contributed by atoms with Crippen LogP contribution in [0.4, 0.5) is 5.69 Å². The van der Waals surface area contributed by atoms with Crippen molar-refractivity contribution in [2.24, 2.45) is 46.3 Å². The average Bonchev–Trinajstić information content (AvgIpc) is 3.34. The molecule has 0 bridgehead atoms. The minimum Gasteiger partial charge on any atom is -0.353 e. The van der Waals surface area contributed by atoms with Crippen molar-refractivity contribution < 1.29 is 4.79 Å². The lowest BCUT2D eigenvalue weighted by molar-refractivity contribution is -0.123. The SMILES string of the molecule is C=CC[N+]1(c2ccccc2)CCC(NC(=O)CCC(C)[C@H]2CC[C@H]3[C@@H]4CCC5CCCC[C@]5(C)[C@H]4CC[C@]23C)CC1. The van der Waals surface area contributed by atoms with Gasteiger partial charge in [0.2, 0.25) is 5.91 Å². The molecule has 1 aromatic carbocycles. The highest BCUT2D eigenvalue weighted by Crippen LogP contribution is 2.68. The summed E-state index contributed by atoms with van der Waals surface area (Å²) in [4.78, 5) is 13.2. The van der Waals surface area contributed by atoms with Crippen LogP contribution in [0.1, 0.15) is 111 Å². The number of carbonyl (C=O) groups excluding carboxylic acids is 1.